The third kappa shape index (κ3) is 3.36. The lowest BCUT2D eigenvalue weighted by atomic mass is 9.96. The highest BCUT2D eigenvalue weighted by molar-refractivity contribution is 7.92. The average molecular weight is 311 g/mol. The van der Waals surface area contributed by atoms with Gasteiger partial charge in [-0.25, -0.2) is 18.4 Å². The van der Waals surface area contributed by atoms with E-state index < -0.39 is 14.6 Å². The monoisotopic (exact) mass is 311 g/mol. The second-order valence-electron chi connectivity index (χ2n) is 6.61. The molecule has 0 fully saturated rings. The highest BCUT2D eigenvalue weighted by Gasteiger charge is 2.33. The molecule has 0 unspecified atom stereocenters. The second kappa shape index (κ2) is 5.55. The Bertz CT molecular complexity index is 639. The van der Waals surface area contributed by atoms with Gasteiger partial charge in [0.2, 0.25) is 0 Å². The molecule has 1 aliphatic carbocycles. The lowest BCUT2D eigenvalue weighted by molar-refractivity contribution is 0.548. The van der Waals surface area contributed by atoms with Crippen LogP contribution in [0.2, 0.25) is 0 Å². The molecule has 0 radical (unpaired) electrons. The van der Waals surface area contributed by atoms with Gasteiger partial charge in [-0.05, 0) is 46.5 Å². The Morgan fingerprint density at radius 1 is 1.19 bits per heavy atom. The number of nitrogens with zero attached hydrogens (tertiary/aromatic N) is 3. The van der Waals surface area contributed by atoms with Crippen LogP contribution in [0.25, 0.3) is 0 Å². The zero-order valence-corrected chi connectivity index (χ0v) is 14.4. The smallest absolute Gasteiger partial charge is 0.154 e. The summed E-state index contributed by atoms with van der Waals surface area (Å²) in [7, 11) is -1.20. The standard InChI is InChI=1S/C15H25N3O2S/c1-11-16-13-9-7-6-8-12(13)14(17-11)18(4)10-15(2,3)21(5,19)20/h6-10H2,1-5H3. The molecular weight excluding hydrogens is 286 g/mol. The summed E-state index contributed by atoms with van der Waals surface area (Å²) in [6.45, 7) is 5.85. The van der Waals surface area contributed by atoms with Gasteiger partial charge in [0.1, 0.15) is 11.6 Å². The van der Waals surface area contributed by atoms with E-state index in [-0.39, 0.29) is 0 Å². The first kappa shape index (κ1) is 16.2. The average Bonchev–Trinajstić information content (AvgIpc) is 2.35. The van der Waals surface area contributed by atoms with Crippen LogP contribution >= 0.6 is 0 Å². The third-order valence-corrected chi connectivity index (χ3v) is 6.39. The molecule has 0 bridgehead atoms. The molecule has 1 heterocycles. The van der Waals surface area contributed by atoms with Gasteiger partial charge >= 0.3 is 0 Å². The van der Waals surface area contributed by atoms with Gasteiger partial charge < -0.3 is 4.90 Å². The van der Waals surface area contributed by atoms with Crippen LogP contribution in [-0.2, 0) is 22.7 Å². The van der Waals surface area contributed by atoms with Gasteiger partial charge in [0.15, 0.2) is 9.84 Å². The minimum atomic E-state index is -3.12. The Labute approximate surface area is 127 Å². The SMILES string of the molecule is Cc1nc2c(c(N(C)CC(C)(C)S(C)(=O)=O)n1)CCCC2. The molecule has 1 aromatic heterocycles. The van der Waals surface area contributed by atoms with Gasteiger partial charge in [0, 0.05) is 31.1 Å². The van der Waals surface area contributed by atoms with Crippen LogP contribution in [0.1, 0.15) is 43.8 Å². The number of sulfone groups is 1. The zero-order chi connectivity index (χ0) is 15.8. The number of fused-ring (bicyclic) bond motifs is 1. The first-order valence-corrected chi connectivity index (χ1v) is 9.28. The lowest BCUT2D eigenvalue weighted by Gasteiger charge is -2.31. The van der Waals surface area contributed by atoms with Crippen LogP contribution in [0.15, 0.2) is 0 Å². The Morgan fingerprint density at radius 3 is 2.43 bits per heavy atom. The summed E-state index contributed by atoms with van der Waals surface area (Å²) in [5, 5.41) is 0. The molecule has 0 saturated carbocycles. The molecule has 21 heavy (non-hydrogen) atoms. The van der Waals surface area contributed by atoms with E-state index in [1.54, 1.807) is 13.8 Å². The first-order valence-electron chi connectivity index (χ1n) is 7.39. The highest BCUT2D eigenvalue weighted by atomic mass is 32.2. The van der Waals surface area contributed by atoms with Gasteiger partial charge in [-0.2, -0.15) is 0 Å². The van der Waals surface area contributed by atoms with Crippen LogP contribution < -0.4 is 4.90 Å². The minimum absolute atomic E-state index is 0.425. The van der Waals surface area contributed by atoms with E-state index in [1.165, 1.54) is 18.2 Å². The molecule has 2 rings (SSSR count). The fourth-order valence-corrected chi connectivity index (χ4v) is 3.20. The fourth-order valence-electron chi connectivity index (χ4n) is 2.77. The molecule has 0 N–H and O–H groups in total. The maximum atomic E-state index is 11.9. The van der Waals surface area contributed by atoms with Crippen LogP contribution in [0.3, 0.4) is 0 Å². The predicted octanol–water partition coefficient (Wildman–Crippen LogP) is 1.92. The molecule has 0 aromatic carbocycles. The Kier molecular flexibility index (Phi) is 4.29. The quantitative estimate of drug-likeness (QED) is 0.850. The Morgan fingerprint density at radius 2 is 1.81 bits per heavy atom. The number of rotatable bonds is 4. The van der Waals surface area contributed by atoms with Crippen molar-refractivity contribution in [3.05, 3.63) is 17.1 Å². The van der Waals surface area contributed by atoms with E-state index in [4.69, 9.17) is 0 Å². The first-order chi connectivity index (χ1) is 9.62. The molecule has 118 valence electrons. The van der Waals surface area contributed by atoms with E-state index in [2.05, 4.69) is 9.97 Å². The van der Waals surface area contributed by atoms with E-state index in [9.17, 15) is 8.42 Å². The molecule has 1 aliphatic rings. The summed E-state index contributed by atoms with van der Waals surface area (Å²) >= 11 is 0. The second-order valence-corrected chi connectivity index (χ2v) is 9.26. The van der Waals surface area contributed by atoms with E-state index in [1.807, 2.05) is 18.9 Å². The molecule has 0 amide bonds. The zero-order valence-electron chi connectivity index (χ0n) is 13.6. The van der Waals surface area contributed by atoms with Gasteiger partial charge in [0.05, 0.1) is 4.75 Å². The predicted molar refractivity (Wildman–Crippen MR) is 85.6 cm³/mol. The van der Waals surface area contributed by atoms with Crippen molar-refractivity contribution in [1.29, 1.82) is 0 Å². The van der Waals surface area contributed by atoms with Gasteiger partial charge in [-0.3, -0.25) is 0 Å². The van der Waals surface area contributed by atoms with Crippen LogP contribution in [0.5, 0.6) is 0 Å². The fraction of sp³-hybridized carbons (Fsp3) is 0.733. The topological polar surface area (TPSA) is 63.2 Å². The maximum absolute atomic E-state index is 11.9. The van der Waals surface area contributed by atoms with E-state index >= 15 is 0 Å². The molecule has 0 atom stereocenters. The van der Waals surface area contributed by atoms with E-state index in [0.29, 0.717) is 6.54 Å². The molecule has 1 aromatic rings. The summed E-state index contributed by atoms with van der Waals surface area (Å²) in [4.78, 5) is 11.1. The van der Waals surface area contributed by atoms with E-state index in [0.717, 1.165) is 36.6 Å². The molecule has 0 aliphatic heterocycles. The maximum Gasteiger partial charge on any atom is 0.154 e. The van der Waals surface area contributed by atoms with Crippen molar-refractivity contribution in [1.82, 2.24) is 9.97 Å². The number of aromatic nitrogens is 2. The summed E-state index contributed by atoms with van der Waals surface area (Å²) < 4.78 is 23.0. The summed E-state index contributed by atoms with van der Waals surface area (Å²) in [6.07, 6.45) is 5.59. The number of anilines is 1. The molecule has 6 heteroatoms. The Balaban J connectivity index is 2.36. The molecule has 5 nitrogen and oxygen atoms in total. The van der Waals surface area contributed by atoms with Crippen LogP contribution in [0.4, 0.5) is 5.82 Å². The van der Waals surface area contributed by atoms with Crippen molar-refractivity contribution in [2.45, 2.75) is 51.2 Å². The van der Waals surface area contributed by atoms with Crippen LogP contribution in [-0.4, -0.2) is 43.0 Å². The molecular formula is C15H25N3O2S. The number of hydrogen-bond acceptors (Lipinski definition) is 5. The largest absolute Gasteiger partial charge is 0.358 e. The Hall–Kier alpha value is -1.17. The van der Waals surface area contributed by atoms with Gasteiger partial charge in [-0.1, -0.05) is 0 Å². The summed E-state index contributed by atoms with van der Waals surface area (Å²) in [5.74, 6) is 1.66. The number of aryl methyl sites for hydroxylation is 2. The van der Waals surface area contributed by atoms with Gasteiger partial charge in [0.25, 0.3) is 0 Å². The van der Waals surface area contributed by atoms with Crippen LogP contribution in [0, 0.1) is 6.92 Å². The van der Waals surface area contributed by atoms with Crippen molar-refractivity contribution in [3.63, 3.8) is 0 Å². The van der Waals surface area contributed by atoms with Crippen molar-refractivity contribution < 1.29 is 8.42 Å². The highest BCUT2D eigenvalue weighted by Crippen LogP contribution is 2.29. The summed E-state index contributed by atoms with van der Waals surface area (Å²) in [6, 6.07) is 0. The third-order valence-electron chi connectivity index (χ3n) is 4.26. The normalized spacial score (nSPS) is 15.7. The van der Waals surface area contributed by atoms with Gasteiger partial charge in [-0.15, -0.1) is 0 Å². The van der Waals surface area contributed by atoms with Crippen molar-refractivity contribution in [2.24, 2.45) is 0 Å². The van der Waals surface area contributed by atoms with Crippen molar-refractivity contribution >= 4 is 15.7 Å². The molecule has 0 saturated heterocycles. The minimum Gasteiger partial charge on any atom is -0.358 e. The van der Waals surface area contributed by atoms with Crippen molar-refractivity contribution in [3.8, 4) is 0 Å². The molecule has 0 spiro atoms. The van der Waals surface area contributed by atoms with Crippen molar-refractivity contribution in [2.75, 3.05) is 24.7 Å². The number of hydrogen-bond donors (Lipinski definition) is 0. The lowest BCUT2D eigenvalue weighted by Crippen LogP contribution is -2.43. The summed E-state index contributed by atoms with van der Waals surface area (Å²) in [5.41, 5.74) is 2.33.